The van der Waals surface area contributed by atoms with Crippen molar-refractivity contribution in [3.05, 3.63) is 54.0 Å². The molecule has 1 amide bonds. The maximum atomic E-state index is 12.2. The highest BCUT2D eigenvalue weighted by Gasteiger charge is 2.32. The van der Waals surface area contributed by atoms with Crippen LogP contribution in [0.5, 0.6) is 0 Å². The van der Waals surface area contributed by atoms with Crippen molar-refractivity contribution in [1.82, 2.24) is 15.3 Å². The number of hydrogen-bond donors (Lipinski definition) is 1. The van der Waals surface area contributed by atoms with Crippen molar-refractivity contribution in [3.63, 3.8) is 0 Å². The normalized spacial score (nSPS) is 18.4. The Balaban J connectivity index is 1.64. The number of nitrogens with one attached hydrogen (secondary N) is 1. The molecule has 1 unspecified atom stereocenters. The Morgan fingerprint density at radius 1 is 1.23 bits per heavy atom. The summed E-state index contributed by atoms with van der Waals surface area (Å²) in [7, 11) is -2.97. The molecule has 0 bridgehead atoms. The van der Waals surface area contributed by atoms with Gasteiger partial charge in [0.25, 0.3) is 5.91 Å². The Hall–Kier alpha value is -2.48. The maximum Gasteiger partial charge on any atom is 0.271 e. The molecular formula is C18H22N4O3S. The van der Waals surface area contributed by atoms with Gasteiger partial charge in [-0.15, -0.1) is 0 Å². The lowest BCUT2D eigenvalue weighted by Crippen LogP contribution is -2.37. The SMILES string of the molecule is CCN(c1cnc(C(=O)NCc2ccccc2)cn1)C1CCS(=O)(=O)C1. The van der Waals surface area contributed by atoms with E-state index in [1.807, 2.05) is 42.2 Å². The monoisotopic (exact) mass is 374 g/mol. The molecule has 1 aromatic heterocycles. The predicted molar refractivity (Wildman–Crippen MR) is 99.7 cm³/mol. The molecule has 1 aliphatic rings. The number of benzene rings is 1. The van der Waals surface area contributed by atoms with Crippen LogP contribution in [-0.2, 0) is 16.4 Å². The second-order valence-corrected chi connectivity index (χ2v) is 8.50. The van der Waals surface area contributed by atoms with Crippen LogP contribution in [0.3, 0.4) is 0 Å². The lowest BCUT2D eigenvalue weighted by molar-refractivity contribution is 0.0945. The van der Waals surface area contributed by atoms with Gasteiger partial charge in [0.05, 0.1) is 23.9 Å². The highest BCUT2D eigenvalue weighted by atomic mass is 32.2. The van der Waals surface area contributed by atoms with E-state index in [1.54, 1.807) is 0 Å². The molecule has 3 rings (SSSR count). The van der Waals surface area contributed by atoms with Crippen LogP contribution in [0.25, 0.3) is 0 Å². The maximum absolute atomic E-state index is 12.2. The van der Waals surface area contributed by atoms with Crippen LogP contribution in [0.4, 0.5) is 5.82 Å². The lowest BCUT2D eigenvalue weighted by Gasteiger charge is -2.27. The zero-order valence-electron chi connectivity index (χ0n) is 14.6. The van der Waals surface area contributed by atoms with E-state index in [4.69, 9.17) is 0 Å². The molecule has 2 aromatic rings. The van der Waals surface area contributed by atoms with E-state index in [2.05, 4.69) is 15.3 Å². The third kappa shape index (κ3) is 4.37. The molecule has 8 heteroatoms. The first-order valence-corrected chi connectivity index (χ1v) is 10.4. The van der Waals surface area contributed by atoms with Crippen LogP contribution in [0.15, 0.2) is 42.7 Å². The zero-order valence-corrected chi connectivity index (χ0v) is 15.4. The molecule has 1 fully saturated rings. The number of amides is 1. The topological polar surface area (TPSA) is 92.3 Å². The Labute approximate surface area is 153 Å². The van der Waals surface area contributed by atoms with Gasteiger partial charge in [-0.05, 0) is 18.9 Å². The molecule has 2 heterocycles. The van der Waals surface area contributed by atoms with Gasteiger partial charge in [-0.25, -0.2) is 18.4 Å². The van der Waals surface area contributed by atoms with Crippen molar-refractivity contribution in [1.29, 1.82) is 0 Å². The van der Waals surface area contributed by atoms with E-state index in [1.165, 1.54) is 12.4 Å². The smallest absolute Gasteiger partial charge is 0.271 e. The number of hydrogen-bond acceptors (Lipinski definition) is 6. The molecule has 0 spiro atoms. The van der Waals surface area contributed by atoms with Gasteiger partial charge in [-0.2, -0.15) is 0 Å². The standard InChI is InChI=1S/C18H22N4O3S/c1-2-22(15-8-9-26(24,25)13-15)17-12-19-16(11-20-17)18(23)21-10-14-6-4-3-5-7-14/h3-7,11-12,15H,2,8-10,13H2,1H3,(H,21,23). The highest BCUT2D eigenvalue weighted by Crippen LogP contribution is 2.22. The van der Waals surface area contributed by atoms with E-state index < -0.39 is 9.84 Å². The molecule has 26 heavy (non-hydrogen) atoms. The van der Waals surface area contributed by atoms with Crippen LogP contribution >= 0.6 is 0 Å². The molecule has 138 valence electrons. The second kappa shape index (κ2) is 7.82. The first kappa shape index (κ1) is 18.3. The summed E-state index contributed by atoms with van der Waals surface area (Å²) in [5.41, 5.74) is 1.24. The predicted octanol–water partition coefficient (Wildman–Crippen LogP) is 1.42. The summed E-state index contributed by atoms with van der Waals surface area (Å²) in [5, 5.41) is 2.81. The first-order chi connectivity index (χ1) is 12.5. The Bertz CT molecular complexity index is 854. The van der Waals surface area contributed by atoms with Crippen molar-refractivity contribution < 1.29 is 13.2 Å². The van der Waals surface area contributed by atoms with Crippen LogP contribution in [0.2, 0.25) is 0 Å². The van der Waals surface area contributed by atoms with E-state index in [0.29, 0.717) is 25.3 Å². The van der Waals surface area contributed by atoms with Crippen LogP contribution in [0, 0.1) is 0 Å². The van der Waals surface area contributed by atoms with Crippen molar-refractivity contribution in [2.45, 2.75) is 25.9 Å². The molecule has 0 aliphatic carbocycles. The molecule has 0 saturated carbocycles. The van der Waals surface area contributed by atoms with Crippen LogP contribution in [0.1, 0.15) is 29.4 Å². The molecule has 1 saturated heterocycles. The summed E-state index contributed by atoms with van der Waals surface area (Å²) in [6.07, 6.45) is 3.56. The molecule has 1 N–H and O–H groups in total. The fourth-order valence-electron chi connectivity index (χ4n) is 3.08. The summed E-state index contributed by atoms with van der Waals surface area (Å²) in [6.45, 7) is 3.01. The van der Waals surface area contributed by atoms with Crippen LogP contribution in [-0.4, -0.2) is 48.4 Å². The highest BCUT2D eigenvalue weighted by molar-refractivity contribution is 7.91. The minimum atomic E-state index is -2.97. The number of carbonyl (C=O) groups excluding carboxylic acids is 1. The van der Waals surface area contributed by atoms with Gasteiger partial charge < -0.3 is 10.2 Å². The second-order valence-electron chi connectivity index (χ2n) is 6.27. The van der Waals surface area contributed by atoms with Crippen molar-refractivity contribution >= 4 is 21.6 Å². The summed E-state index contributed by atoms with van der Waals surface area (Å²) in [6, 6.07) is 9.53. The number of carbonyl (C=O) groups is 1. The summed E-state index contributed by atoms with van der Waals surface area (Å²) in [4.78, 5) is 22.7. The number of aromatic nitrogens is 2. The van der Waals surface area contributed by atoms with Crippen molar-refractivity contribution in [2.24, 2.45) is 0 Å². The Kier molecular flexibility index (Phi) is 5.51. The van der Waals surface area contributed by atoms with Gasteiger partial charge in [0.15, 0.2) is 9.84 Å². The van der Waals surface area contributed by atoms with E-state index in [0.717, 1.165) is 5.56 Å². The number of sulfone groups is 1. The quantitative estimate of drug-likeness (QED) is 0.822. The summed E-state index contributed by atoms with van der Waals surface area (Å²) < 4.78 is 23.4. The Morgan fingerprint density at radius 2 is 2.00 bits per heavy atom. The van der Waals surface area contributed by atoms with Crippen LogP contribution < -0.4 is 10.2 Å². The minimum absolute atomic E-state index is 0.0861. The van der Waals surface area contributed by atoms with Crippen molar-refractivity contribution in [3.8, 4) is 0 Å². The van der Waals surface area contributed by atoms with Gasteiger partial charge in [-0.3, -0.25) is 4.79 Å². The van der Waals surface area contributed by atoms with E-state index in [9.17, 15) is 13.2 Å². The fraction of sp³-hybridized carbons (Fsp3) is 0.389. The van der Waals surface area contributed by atoms with Gasteiger partial charge >= 0.3 is 0 Å². The molecule has 0 radical (unpaired) electrons. The number of rotatable bonds is 6. The van der Waals surface area contributed by atoms with Crippen molar-refractivity contribution in [2.75, 3.05) is 23.0 Å². The van der Waals surface area contributed by atoms with Gasteiger partial charge in [-0.1, -0.05) is 30.3 Å². The first-order valence-electron chi connectivity index (χ1n) is 8.60. The van der Waals surface area contributed by atoms with E-state index >= 15 is 0 Å². The van der Waals surface area contributed by atoms with Gasteiger partial charge in [0, 0.05) is 19.1 Å². The van der Waals surface area contributed by atoms with Gasteiger partial charge in [0.1, 0.15) is 11.5 Å². The van der Waals surface area contributed by atoms with E-state index in [-0.39, 0.29) is 29.1 Å². The molecule has 7 nitrogen and oxygen atoms in total. The fourth-order valence-corrected chi connectivity index (χ4v) is 4.81. The third-order valence-corrected chi connectivity index (χ3v) is 6.20. The third-order valence-electron chi connectivity index (χ3n) is 4.45. The summed E-state index contributed by atoms with van der Waals surface area (Å²) in [5.74, 6) is 0.650. The zero-order chi connectivity index (χ0) is 18.6. The molecule has 1 aromatic carbocycles. The van der Waals surface area contributed by atoms with Gasteiger partial charge in [0.2, 0.25) is 0 Å². The average Bonchev–Trinajstić information content (AvgIpc) is 3.01. The molecule has 1 aliphatic heterocycles. The molecular weight excluding hydrogens is 352 g/mol. The average molecular weight is 374 g/mol. The lowest BCUT2D eigenvalue weighted by atomic mass is 10.2. The number of anilines is 1. The largest absolute Gasteiger partial charge is 0.352 e. The minimum Gasteiger partial charge on any atom is -0.352 e. The number of nitrogens with zero attached hydrogens (tertiary/aromatic N) is 3. The summed E-state index contributed by atoms with van der Waals surface area (Å²) >= 11 is 0. The molecule has 1 atom stereocenters. The Morgan fingerprint density at radius 3 is 2.58 bits per heavy atom.